The normalized spacial score (nSPS) is 10.9. The number of rotatable bonds is 5. The topological polar surface area (TPSA) is 98.9 Å². The molecule has 0 aliphatic carbocycles. The molecule has 1 N–H and O–H groups in total. The molecule has 102 valence electrons. The first kappa shape index (κ1) is 14.5. The first-order valence-corrected chi connectivity index (χ1v) is 5.40. The summed E-state index contributed by atoms with van der Waals surface area (Å²) in [5, 5.41) is 20.5. The van der Waals surface area contributed by atoms with Gasteiger partial charge in [0, 0.05) is 6.08 Å². The number of hydrogen-bond donors (Lipinski definition) is 1. The second-order valence-corrected chi connectivity index (χ2v) is 3.41. The van der Waals surface area contributed by atoms with Gasteiger partial charge < -0.3 is 14.6 Å². The number of esters is 1. The van der Waals surface area contributed by atoms with Crippen LogP contribution in [0, 0.1) is 10.1 Å². The molecule has 0 spiro atoms. The molecule has 1 aromatic carbocycles. The van der Waals surface area contributed by atoms with Gasteiger partial charge in [0.2, 0.25) is 5.76 Å². The lowest BCUT2D eigenvalue weighted by Crippen LogP contribution is -2.07. The van der Waals surface area contributed by atoms with Crippen molar-refractivity contribution in [2.75, 3.05) is 13.7 Å². The van der Waals surface area contributed by atoms with E-state index >= 15 is 0 Å². The van der Waals surface area contributed by atoms with E-state index in [-0.39, 0.29) is 23.6 Å². The summed E-state index contributed by atoms with van der Waals surface area (Å²) in [5.74, 6) is -1.62. The highest BCUT2D eigenvalue weighted by Crippen LogP contribution is 2.31. The zero-order valence-corrected chi connectivity index (χ0v) is 10.5. The number of carbonyl (C=O) groups excluding carboxylic acids is 1. The first-order valence-electron chi connectivity index (χ1n) is 5.40. The number of methoxy groups -OCH3 is 1. The molecule has 0 amide bonds. The molecule has 1 rings (SSSR count). The maximum Gasteiger partial charge on any atom is 0.373 e. The van der Waals surface area contributed by atoms with Crippen molar-refractivity contribution in [1.82, 2.24) is 0 Å². The van der Waals surface area contributed by atoms with E-state index in [1.165, 1.54) is 25.3 Å². The molecule has 0 fully saturated rings. The molecule has 0 heterocycles. The third kappa shape index (κ3) is 3.44. The molecule has 0 atom stereocenters. The van der Waals surface area contributed by atoms with Crippen LogP contribution < -0.4 is 4.74 Å². The molecular formula is C12H13NO6. The van der Waals surface area contributed by atoms with Gasteiger partial charge in [-0.3, -0.25) is 10.1 Å². The molecule has 19 heavy (non-hydrogen) atoms. The summed E-state index contributed by atoms with van der Waals surface area (Å²) >= 11 is 0. The Labute approximate surface area is 109 Å². The maximum absolute atomic E-state index is 11.2. The number of carbonyl (C=O) groups is 1. The van der Waals surface area contributed by atoms with Gasteiger partial charge in [-0.25, -0.2) is 4.79 Å². The molecule has 7 heteroatoms. The van der Waals surface area contributed by atoms with Gasteiger partial charge in [-0.1, -0.05) is 6.07 Å². The van der Waals surface area contributed by atoms with Gasteiger partial charge in [-0.05, 0) is 19.1 Å². The number of aliphatic hydroxyl groups excluding tert-OH is 1. The van der Waals surface area contributed by atoms with Gasteiger partial charge in [0.1, 0.15) is 0 Å². The average molecular weight is 267 g/mol. The van der Waals surface area contributed by atoms with Crippen molar-refractivity contribution in [1.29, 1.82) is 0 Å². The van der Waals surface area contributed by atoms with Crippen LogP contribution in [0.5, 0.6) is 5.75 Å². The van der Waals surface area contributed by atoms with Crippen LogP contribution in [0.4, 0.5) is 5.69 Å². The Bertz CT molecular complexity index is 523. The third-order valence-corrected chi connectivity index (χ3v) is 2.21. The molecule has 7 nitrogen and oxygen atoms in total. The van der Waals surface area contributed by atoms with Crippen LogP contribution in [0.2, 0.25) is 0 Å². The second kappa shape index (κ2) is 6.39. The van der Waals surface area contributed by atoms with Crippen LogP contribution in [0.15, 0.2) is 24.0 Å². The summed E-state index contributed by atoms with van der Waals surface area (Å²) in [6.07, 6.45) is 0.971. The van der Waals surface area contributed by atoms with Gasteiger partial charge in [0.25, 0.3) is 0 Å². The minimum atomic E-state index is -0.945. The number of ether oxygens (including phenoxy) is 2. The standard InChI is InChI=1S/C12H13NO6/c1-3-19-12(15)9(14)7-8-5-4-6-10(18-2)11(8)13(16)17/h4-7,14H,3H2,1-2H3. The summed E-state index contributed by atoms with van der Waals surface area (Å²) in [5.41, 5.74) is -0.282. The van der Waals surface area contributed by atoms with Gasteiger partial charge in [0.15, 0.2) is 5.75 Å². The fraction of sp³-hybridized carbons (Fsp3) is 0.250. The molecule has 0 saturated heterocycles. The Morgan fingerprint density at radius 2 is 2.21 bits per heavy atom. The number of aliphatic hydroxyl groups is 1. The van der Waals surface area contributed by atoms with Crippen molar-refractivity contribution in [2.24, 2.45) is 0 Å². The first-order chi connectivity index (χ1) is 9.01. The van der Waals surface area contributed by atoms with Crippen LogP contribution in [0.3, 0.4) is 0 Å². The number of nitro benzene ring substituents is 1. The van der Waals surface area contributed by atoms with E-state index < -0.39 is 16.7 Å². The summed E-state index contributed by atoms with van der Waals surface area (Å²) in [6, 6.07) is 4.31. The lowest BCUT2D eigenvalue weighted by atomic mass is 10.1. The molecular weight excluding hydrogens is 254 g/mol. The highest BCUT2D eigenvalue weighted by atomic mass is 16.6. The van der Waals surface area contributed by atoms with E-state index in [9.17, 15) is 20.0 Å². The van der Waals surface area contributed by atoms with Crippen LogP contribution in [0.25, 0.3) is 6.08 Å². The molecule has 0 radical (unpaired) electrons. The van der Waals surface area contributed by atoms with Crippen molar-refractivity contribution < 1.29 is 24.3 Å². The zero-order valence-electron chi connectivity index (χ0n) is 10.5. The Kier molecular flexibility index (Phi) is 4.87. The summed E-state index contributed by atoms with van der Waals surface area (Å²) in [6.45, 7) is 1.68. The lowest BCUT2D eigenvalue weighted by molar-refractivity contribution is -0.386. The molecule has 0 saturated carbocycles. The number of hydrogen-bond acceptors (Lipinski definition) is 6. The van der Waals surface area contributed by atoms with Gasteiger partial charge in [-0.2, -0.15) is 0 Å². The zero-order chi connectivity index (χ0) is 14.4. The number of benzene rings is 1. The Hall–Kier alpha value is -2.57. The molecule has 0 unspecified atom stereocenters. The predicted molar refractivity (Wildman–Crippen MR) is 66.9 cm³/mol. The number of nitrogens with zero attached hydrogens (tertiary/aromatic N) is 1. The largest absolute Gasteiger partial charge is 0.502 e. The summed E-state index contributed by atoms with van der Waals surface area (Å²) < 4.78 is 9.44. The van der Waals surface area contributed by atoms with Crippen LogP contribution >= 0.6 is 0 Å². The highest BCUT2D eigenvalue weighted by molar-refractivity contribution is 5.92. The molecule has 0 aliphatic heterocycles. The third-order valence-electron chi connectivity index (χ3n) is 2.21. The summed E-state index contributed by atoms with van der Waals surface area (Å²) in [7, 11) is 1.29. The SMILES string of the molecule is CCOC(=O)C(O)=Cc1cccc(OC)c1[N+](=O)[O-]. The van der Waals surface area contributed by atoms with Crippen LogP contribution in [0.1, 0.15) is 12.5 Å². The smallest absolute Gasteiger partial charge is 0.373 e. The number of nitro groups is 1. The fourth-order valence-corrected chi connectivity index (χ4v) is 1.43. The quantitative estimate of drug-likeness (QED) is 0.288. The van der Waals surface area contributed by atoms with E-state index in [0.717, 1.165) is 6.08 Å². The van der Waals surface area contributed by atoms with Crippen molar-refractivity contribution >= 4 is 17.7 Å². The molecule has 0 aliphatic rings. The van der Waals surface area contributed by atoms with Crippen LogP contribution in [-0.4, -0.2) is 29.7 Å². The van der Waals surface area contributed by atoms with Crippen molar-refractivity contribution in [3.05, 3.63) is 39.6 Å². The molecule has 1 aromatic rings. The van der Waals surface area contributed by atoms with E-state index in [4.69, 9.17) is 4.74 Å². The Morgan fingerprint density at radius 1 is 1.53 bits per heavy atom. The molecule has 0 bridgehead atoms. The van der Waals surface area contributed by atoms with Crippen molar-refractivity contribution in [3.8, 4) is 5.75 Å². The highest BCUT2D eigenvalue weighted by Gasteiger charge is 2.20. The maximum atomic E-state index is 11.2. The van der Waals surface area contributed by atoms with Crippen LogP contribution in [-0.2, 0) is 9.53 Å². The Morgan fingerprint density at radius 3 is 2.74 bits per heavy atom. The van der Waals surface area contributed by atoms with Crippen molar-refractivity contribution in [2.45, 2.75) is 6.92 Å². The second-order valence-electron chi connectivity index (χ2n) is 3.41. The average Bonchev–Trinajstić information content (AvgIpc) is 2.38. The lowest BCUT2D eigenvalue weighted by Gasteiger charge is -2.04. The van der Waals surface area contributed by atoms with E-state index in [1.807, 2.05) is 0 Å². The van der Waals surface area contributed by atoms with Gasteiger partial charge >= 0.3 is 11.7 Å². The van der Waals surface area contributed by atoms with E-state index in [0.29, 0.717) is 0 Å². The minimum absolute atomic E-state index is 0.0374. The monoisotopic (exact) mass is 267 g/mol. The van der Waals surface area contributed by atoms with Gasteiger partial charge in [0.05, 0.1) is 24.2 Å². The van der Waals surface area contributed by atoms with Gasteiger partial charge in [-0.15, -0.1) is 0 Å². The van der Waals surface area contributed by atoms with Crippen molar-refractivity contribution in [3.63, 3.8) is 0 Å². The van der Waals surface area contributed by atoms with E-state index in [1.54, 1.807) is 6.92 Å². The minimum Gasteiger partial charge on any atom is -0.502 e. The van der Waals surface area contributed by atoms with E-state index in [2.05, 4.69) is 4.74 Å². The predicted octanol–water partition coefficient (Wildman–Crippen LogP) is 2.07. The fourth-order valence-electron chi connectivity index (χ4n) is 1.43. The Balaban J connectivity index is 3.24. The number of para-hydroxylation sites is 1. The summed E-state index contributed by atoms with van der Waals surface area (Å²) in [4.78, 5) is 21.6. The molecule has 0 aromatic heterocycles.